The van der Waals surface area contributed by atoms with Gasteiger partial charge in [-0.15, -0.1) is 0 Å². The minimum Gasteiger partial charge on any atom is -0.301 e. The highest BCUT2D eigenvalue weighted by Gasteiger charge is 2.15. The normalized spacial score (nSPS) is 14.9. The van der Waals surface area contributed by atoms with E-state index >= 15 is 0 Å². The van der Waals surface area contributed by atoms with Crippen molar-refractivity contribution in [3.8, 4) is 0 Å². The van der Waals surface area contributed by atoms with Crippen LogP contribution in [0.25, 0.3) is 0 Å². The largest absolute Gasteiger partial charge is 0.301 e. The van der Waals surface area contributed by atoms with Crippen LogP contribution in [0.15, 0.2) is 0 Å². The summed E-state index contributed by atoms with van der Waals surface area (Å²) in [6, 6.07) is 0.441. The van der Waals surface area contributed by atoms with Crippen LogP contribution >= 0.6 is 0 Å². The molecule has 4 heteroatoms. The Morgan fingerprint density at radius 2 is 2.00 bits per heavy atom. The van der Waals surface area contributed by atoms with E-state index in [0.29, 0.717) is 18.4 Å². The van der Waals surface area contributed by atoms with Gasteiger partial charge in [0.2, 0.25) is 5.91 Å². The standard InChI is InChI=1S/C12H27N3O/c1-5-10(3)9-15(6-2)11(4)7-8-12(16)14-13/h10-11H,5-9,13H2,1-4H3,(H,14,16). The summed E-state index contributed by atoms with van der Waals surface area (Å²) < 4.78 is 0. The second-order valence-electron chi connectivity index (χ2n) is 4.56. The lowest BCUT2D eigenvalue weighted by atomic mass is 10.1. The van der Waals surface area contributed by atoms with E-state index in [4.69, 9.17) is 5.84 Å². The summed E-state index contributed by atoms with van der Waals surface area (Å²) in [4.78, 5) is 13.5. The topological polar surface area (TPSA) is 58.4 Å². The van der Waals surface area contributed by atoms with Crippen molar-refractivity contribution >= 4 is 5.91 Å². The van der Waals surface area contributed by atoms with E-state index in [0.717, 1.165) is 19.5 Å². The number of nitrogens with two attached hydrogens (primary N) is 1. The number of nitrogens with one attached hydrogen (secondary N) is 1. The molecule has 2 atom stereocenters. The number of hydrogen-bond donors (Lipinski definition) is 2. The number of nitrogens with zero attached hydrogens (tertiary/aromatic N) is 1. The highest BCUT2D eigenvalue weighted by Crippen LogP contribution is 2.11. The van der Waals surface area contributed by atoms with Gasteiger partial charge < -0.3 is 4.90 Å². The van der Waals surface area contributed by atoms with Crippen LogP contribution in [0.4, 0.5) is 0 Å². The third-order valence-corrected chi connectivity index (χ3v) is 3.22. The maximum Gasteiger partial charge on any atom is 0.233 e. The van der Waals surface area contributed by atoms with Crippen LogP contribution in [0.5, 0.6) is 0 Å². The first kappa shape index (κ1) is 15.4. The molecule has 1 amide bonds. The van der Waals surface area contributed by atoms with Gasteiger partial charge in [-0.3, -0.25) is 10.2 Å². The van der Waals surface area contributed by atoms with Crippen LogP contribution in [0, 0.1) is 5.92 Å². The predicted octanol–water partition coefficient (Wildman–Crippen LogP) is 1.51. The molecule has 0 saturated heterocycles. The van der Waals surface area contributed by atoms with Gasteiger partial charge in [0.05, 0.1) is 0 Å². The number of carbonyl (C=O) groups excluding carboxylic acids is 1. The van der Waals surface area contributed by atoms with Gasteiger partial charge in [0.1, 0.15) is 0 Å². The molecular formula is C12H27N3O. The van der Waals surface area contributed by atoms with E-state index in [-0.39, 0.29) is 5.91 Å². The Kier molecular flexibility index (Phi) is 8.21. The van der Waals surface area contributed by atoms with E-state index in [1.807, 2.05) is 0 Å². The van der Waals surface area contributed by atoms with E-state index in [1.165, 1.54) is 6.42 Å². The maximum atomic E-state index is 11.1. The molecule has 0 radical (unpaired) electrons. The van der Waals surface area contributed by atoms with Crippen LogP contribution in [-0.4, -0.2) is 29.9 Å². The number of hydrogen-bond acceptors (Lipinski definition) is 3. The monoisotopic (exact) mass is 229 g/mol. The van der Waals surface area contributed by atoms with Crippen molar-refractivity contribution < 1.29 is 4.79 Å². The molecule has 0 aliphatic rings. The number of amides is 1. The molecule has 2 unspecified atom stereocenters. The Balaban J connectivity index is 3.99. The molecule has 0 fully saturated rings. The van der Waals surface area contributed by atoms with Crippen LogP contribution < -0.4 is 11.3 Å². The summed E-state index contributed by atoms with van der Waals surface area (Å²) in [5.74, 6) is 5.69. The summed E-state index contributed by atoms with van der Waals surface area (Å²) in [6.45, 7) is 11.0. The quantitative estimate of drug-likeness (QED) is 0.377. The third-order valence-electron chi connectivity index (χ3n) is 3.22. The summed E-state index contributed by atoms with van der Waals surface area (Å²) in [6.07, 6.45) is 2.58. The van der Waals surface area contributed by atoms with Crippen molar-refractivity contribution in [2.75, 3.05) is 13.1 Å². The molecule has 0 aromatic rings. The fourth-order valence-electron chi connectivity index (χ4n) is 1.74. The summed E-state index contributed by atoms with van der Waals surface area (Å²) >= 11 is 0. The molecule has 0 aliphatic heterocycles. The van der Waals surface area contributed by atoms with Gasteiger partial charge in [0.15, 0.2) is 0 Å². The molecule has 0 rings (SSSR count). The SMILES string of the molecule is CCC(C)CN(CC)C(C)CCC(=O)NN. The molecule has 0 heterocycles. The molecule has 3 N–H and O–H groups in total. The first-order chi connectivity index (χ1) is 7.54. The second-order valence-corrected chi connectivity index (χ2v) is 4.56. The molecule has 0 spiro atoms. The van der Waals surface area contributed by atoms with Crippen molar-refractivity contribution in [1.29, 1.82) is 0 Å². The summed E-state index contributed by atoms with van der Waals surface area (Å²) in [5.41, 5.74) is 2.17. The Morgan fingerprint density at radius 3 is 2.44 bits per heavy atom. The van der Waals surface area contributed by atoms with Gasteiger partial charge in [-0.05, 0) is 25.8 Å². The van der Waals surface area contributed by atoms with Gasteiger partial charge in [-0.1, -0.05) is 27.2 Å². The first-order valence-electron chi connectivity index (χ1n) is 6.28. The zero-order chi connectivity index (χ0) is 12.6. The van der Waals surface area contributed by atoms with Gasteiger partial charge in [-0.2, -0.15) is 0 Å². The molecule has 0 aliphatic carbocycles. The van der Waals surface area contributed by atoms with E-state index in [9.17, 15) is 4.79 Å². The maximum absolute atomic E-state index is 11.1. The average molecular weight is 229 g/mol. The van der Waals surface area contributed by atoms with Crippen LogP contribution in [0.2, 0.25) is 0 Å². The van der Waals surface area contributed by atoms with Gasteiger partial charge >= 0.3 is 0 Å². The number of hydrazine groups is 1. The fraction of sp³-hybridized carbons (Fsp3) is 0.917. The lowest BCUT2D eigenvalue weighted by molar-refractivity contribution is -0.121. The zero-order valence-corrected chi connectivity index (χ0v) is 11.1. The van der Waals surface area contributed by atoms with Crippen molar-refractivity contribution in [2.45, 2.75) is 53.0 Å². The average Bonchev–Trinajstić information content (AvgIpc) is 2.31. The van der Waals surface area contributed by atoms with E-state index in [1.54, 1.807) is 0 Å². The third kappa shape index (κ3) is 6.08. The summed E-state index contributed by atoms with van der Waals surface area (Å²) in [7, 11) is 0. The van der Waals surface area contributed by atoms with E-state index in [2.05, 4.69) is 38.0 Å². The Hall–Kier alpha value is -0.610. The van der Waals surface area contributed by atoms with Crippen LogP contribution in [0.3, 0.4) is 0 Å². The summed E-state index contributed by atoms with van der Waals surface area (Å²) in [5, 5.41) is 0. The molecule has 0 saturated carbocycles. The van der Waals surface area contributed by atoms with Crippen molar-refractivity contribution in [3.05, 3.63) is 0 Å². The Bertz CT molecular complexity index is 197. The predicted molar refractivity (Wildman–Crippen MR) is 67.7 cm³/mol. The lowest BCUT2D eigenvalue weighted by Gasteiger charge is -2.30. The highest BCUT2D eigenvalue weighted by atomic mass is 16.2. The van der Waals surface area contributed by atoms with Gasteiger partial charge in [-0.25, -0.2) is 5.84 Å². The fourth-order valence-corrected chi connectivity index (χ4v) is 1.74. The number of carbonyl (C=O) groups is 1. The molecule has 96 valence electrons. The zero-order valence-electron chi connectivity index (χ0n) is 11.1. The van der Waals surface area contributed by atoms with Crippen molar-refractivity contribution in [2.24, 2.45) is 11.8 Å². The van der Waals surface area contributed by atoms with Crippen molar-refractivity contribution in [1.82, 2.24) is 10.3 Å². The molecular weight excluding hydrogens is 202 g/mol. The molecule has 0 aromatic carbocycles. The number of rotatable bonds is 8. The lowest BCUT2D eigenvalue weighted by Crippen LogP contribution is -2.38. The molecule has 0 aromatic heterocycles. The molecule has 0 bridgehead atoms. The first-order valence-corrected chi connectivity index (χ1v) is 6.28. The minimum absolute atomic E-state index is 0.0774. The highest BCUT2D eigenvalue weighted by molar-refractivity contribution is 5.75. The Labute approximate surface area is 99.5 Å². The smallest absolute Gasteiger partial charge is 0.233 e. The van der Waals surface area contributed by atoms with Gasteiger partial charge in [0, 0.05) is 19.0 Å². The van der Waals surface area contributed by atoms with Crippen LogP contribution in [0.1, 0.15) is 47.0 Å². The van der Waals surface area contributed by atoms with Crippen LogP contribution in [-0.2, 0) is 4.79 Å². The van der Waals surface area contributed by atoms with Gasteiger partial charge in [0.25, 0.3) is 0 Å². The Morgan fingerprint density at radius 1 is 1.38 bits per heavy atom. The van der Waals surface area contributed by atoms with Crippen molar-refractivity contribution in [3.63, 3.8) is 0 Å². The van der Waals surface area contributed by atoms with E-state index < -0.39 is 0 Å². The minimum atomic E-state index is -0.0774. The molecule has 4 nitrogen and oxygen atoms in total. The second kappa shape index (κ2) is 8.53. The molecule has 16 heavy (non-hydrogen) atoms.